The van der Waals surface area contributed by atoms with Crippen molar-refractivity contribution in [3.8, 4) is 0 Å². The SMILES string of the molecule is Brc1c2ccccc2[c-]c2ccccc12.CC(=O)CCCCC1SCC2C1NC(=O)N2c1c2ccccc2[c-]c2ccccc12.CC(=O)CCCCC1SCC2C1NC(=O)N2c1o[c-]nc1C.CC(=O)CCCCC1SCC2NC(=O)NC21.Cc1n[c-]oc1Br.[Cu].[Cu].[Y].[Y].[Y].[Y]. The van der Waals surface area contributed by atoms with Crippen LogP contribution in [0.3, 0.4) is 0 Å². The molecule has 9 atom stereocenters. The number of nitrogens with zero attached hydrogens (tertiary/aromatic N) is 4. The fraction of sp³-hybridized carbons (Fsp3) is 0.420. The van der Waals surface area contributed by atoms with Gasteiger partial charge in [0.1, 0.15) is 30.1 Å². The Morgan fingerprint density at radius 3 is 1.30 bits per heavy atom. The van der Waals surface area contributed by atoms with Gasteiger partial charge in [-0.15, -0.1) is 73.9 Å². The number of carbonyl (C=O) groups is 6. The van der Waals surface area contributed by atoms with Gasteiger partial charge in [0.25, 0.3) is 0 Å². The molecular formula is C69H74Br2Cu2N8O8S3Y4-4. The number of aromatic nitrogens is 2. The Morgan fingerprint density at radius 2 is 0.896 bits per heavy atom. The molecule has 6 aromatic carbocycles. The van der Waals surface area contributed by atoms with Crippen molar-refractivity contribution >= 4 is 157 Å². The summed E-state index contributed by atoms with van der Waals surface area (Å²) in [5.41, 5.74) is 2.52. The summed E-state index contributed by atoms with van der Waals surface area (Å²) in [6.07, 6.45) is 15.9. The van der Waals surface area contributed by atoms with E-state index >= 15 is 0 Å². The Labute approximate surface area is 714 Å². The van der Waals surface area contributed by atoms with Crippen molar-refractivity contribution in [1.29, 1.82) is 0 Å². The number of ketones is 3. The van der Waals surface area contributed by atoms with Gasteiger partial charge < -0.3 is 64.3 Å². The van der Waals surface area contributed by atoms with Crippen molar-refractivity contribution in [1.82, 2.24) is 31.2 Å². The number of hydrogen-bond donors (Lipinski definition) is 4. The molecule has 4 N–H and O–H groups in total. The number of anilines is 2. The van der Waals surface area contributed by atoms with Gasteiger partial charge in [-0.25, -0.2) is 14.4 Å². The fourth-order valence-electron chi connectivity index (χ4n) is 12.5. The average molecular weight is 1880 g/mol. The van der Waals surface area contributed by atoms with Gasteiger partial charge in [0.2, 0.25) is 0 Å². The molecule has 6 amide bonds. The van der Waals surface area contributed by atoms with Crippen LogP contribution in [0.15, 0.2) is 115 Å². The van der Waals surface area contributed by atoms with Crippen molar-refractivity contribution in [2.75, 3.05) is 27.1 Å². The Balaban J connectivity index is 0.000000265. The minimum Gasteiger partial charge on any atom is -0.566 e. The average Bonchev–Trinajstić information content (AvgIpc) is 1.42. The molecule has 508 valence electrons. The van der Waals surface area contributed by atoms with Crippen LogP contribution in [0.25, 0.3) is 43.1 Å². The molecule has 0 aliphatic carbocycles. The summed E-state index contributed by atoms with van der Waals surface area (Å²) in [6, 6.07) is 41.0. The van der Waals surface area contributed by atoms with Crippen molar-refractivity contribution in [3.63, 3.8) is 0 Å². The predicted molar refractivity (Wildman–Crippen MR) is 369 cm³/mol. The Kier molecular flexibility index (Phi) is 38.9. The van der Waals surface area contributed by atoms with Gasteiger partial charge in [0.15, 0.2) is 0 Å². The predicted octanol–water partition coefficient (Wildman–Crippen LogP) is 15.0. The summed E-state index contributed by atoms with van der Waals surface area (Å²) >= 11 is 12.5. The zero-order valence-corrected chi connectivity index (χ0v) is 72.8. The van der Waals surface area contributed by atoms with Crippen LogP contribution in [-0.2, 0) is 179 Å². The van der Waals surface area contributed by atoms with Crippen LogP contribution in [-0.4, -0.2) is 115 Å². The van der Waals surface area contributed by atoms with Crippen LogP contribution in [0.5, 0.6) is 0 Å². The smallest absolute Gasteiger partial charge is 0.321 e. The van der Waals surface area contributed by atoms with E-state index in [1.807, 2.05) is 90.4 Å². The van der Waals surface area contributed by atoms with Gasteiger partial charge in [-0.1, -0.05) is 155 Å². The molecule has 6 fully saturated rings. The van der Waals surface area contributed by atoms with Crippen LogP contribution < -0.4 is 31.1 Å². The van der Waals surface area contributed by atoms with E-state index in [4.69, 9.17) is 4.42 Å². The molecule has 6 saturated heterocycles. The minimum absolute atomic E-state index is 0. The normalized spacial score (nSPS) is 21.2. The van der Waals surface area contributed by atoms with E-state index in [0.717, 1.165) is 123 Å². The Hall–Kier alpha value is -0.935. The maximum absolute atomic E-state index is 13.2. The van der Waals surface area contributed by atoms with Gasteiger partial charge in [-0.3, -0.25) is 0 Å². The molecule has 2 aromatic heterocycles. The molecule has 8 aromatic rings. The Morgan fingerprint density at radius 1 is 0.510 bits per heavy atom. The van der Waals surface area contributed by atoms with E-state index in [2.05, 4.69) is 153 Å². The molecule has 0 saturated carbocycles. The molecule has 6 aliphatic heterocycles. The van der Waals surface area contributed by atoms with Crippen LogP contribution in [0.4, 0.5) is 26.0 Å². The van der Waals surface area contributed by atoms with Crippen LogP contribution in [0.1, 0.15) is 109 Å². The fourth-order valence-corrected chi connectivity index (χ4v) is 18.1. The number of fused-ring (bicyclic) bond motifs is 7. The second kappa shape index (κ2) is 42.7. The van der Waals surface area contributed by atoms with E-state index in [1.54, 1.807) is 25.7 Å². The monoisotopic (exact) mass is 1880 g/mol. The van der Waals surface area contributed by atoms with Crippen molar-refractivity contribution < 1.29 is 203 Å². The van der Waals surface area contributed by atoms with Crippen LogP contribution in [0, 0.1) is 38.8 Å². The largest absolute Gasteiger partial charge is 0.566 e. The van der Waals surface area contributed by atoms with Crippen LogP contribution >= 0.6 is 67.1 Å². The first kappa shape index (κ1) is 87.5. The number of halogens is 2. The number of urea groups is 3. The molecule has 0 spiro atoms. The van der Waals surface area contributed by atoms with Crippen molar-refractivity contribution in [2.45, 2.75) is 164 Å². The molecule has 14 rings (SSSR count). The quantitative estimate of drug-likeness (QED) is 0.0220. The summed E-state index contributed by atoms with van der Waals surface area (Å²) in [6.45, 7) is 8.58. The number of rotatable bonds is 17. The van der Waals surface area contributed by atoms with Crippen molar-refractivity contribution in [3.05, 3.63) is 143 Å². The number of aryl methyl sites for hydroxylation is 2. The summed E-state index contributed by atoms with van der Waals surface area (Å²) in [4.78, 5) is 80.9. The molecule has 8 heterocycles. The van der Waals surface area contributed by atoms with Gasteiger partial charge in [0, 0.05) is 222 Å². The summed E-state index contributed by atoms with van der Waals surface area (Å²) in [5, 5.41) is 22.6. The van der Waals surface area contributed by atoms with E-state index in [0.29, 0.717) is 63.3 Å². The topological polar surface area (TPSA) is 209 Å². The number of nitrogens with one attached hydrogen (secondary N) is 4. The minimum atomic E-state index is -0.114. The molecule has 6 aliphatic rings. The molecule has 27 heteroatoms. The van der Waals surface area contributed by atoms with E-state index in [9.17, 15) is 28.8 Å². The number of Topliss-reactive ketones (excluding diaryl/α,β-unsaturated/α-hetero) is 3. The van der Waals surface area contributed by atoms with E-state index in [1.165, 1.54) is 10.8 Å². The molecule has 96 heavy (non-hydrogen) atoms. The van der Waals surface area contributed by atoms with E-state index in [-0.39, 0.29) is 225 Å². The second-order valence-corrected chi connectivity index (χ2v) is 28.8. The molecular weight excluding hydrogens is 1810 g/mol. The first-order valence-electron chi connectivity index (χ1n) is 30.8. The van der Waals surface area contributed by atoms with Crippen LogP contribution in [0.2, 0.25) is 0 Å². The zero-order valence-electron chi connectivity index (χ0n) is 54.0. The number of hydrogen-bond acceptors (Lipinski definition) is 13. The van der Waals surface area contributed by atoms with Gasteiger partial charge >= 0.3 is 18.1 Å². The number of benzene rings is 6. The maximum Gasteiger partial charge on any atom is 0.321 e. The number of oxazole rings is 2. The van der Waals surface area contributed by atoms with Gasteiger partial charge in [-0.05, 0) is 69.5 Å². The number of thioether (sulfide) groups is 3. The van der Waals surface area contributed by atoms with Gasteiger partial charge in [0.05, 0.1) is 42.1 Å². The summed E-state index contributed by atoms with van der Waals surface area (Å²) in [7, 11) is 0. The second-order valence-electron chi connectivity index (χ2n) is 23.5. The number of unbranched alkanes of at least 4 members (excludes halogenated alkanes) is 3. The summed E-state index contributed by atoms with van der Waals surface area (Å²) < 4.78 is 11.7. The number of carbonyl (C=O) groups excluding carboxylic acids is 6. The summed E-state index contributed by atoms with van der Waals surface area (Å²) in [5.74, 6) is 4.11. The molecule has 0 bridgehead atoms. The third-order valence-corrected chi connectivity index (χ3v) is 23.1. The first-order chi connectivity index (χ1) is 43.5. The third-order valence-electron chi connectivity index (χ3n) is 17.0. The molecule has 9 unspecified atom stereocenters. The maximum atomic E-state index is 13.2. The molecule has 6 radical (unpaired) electrons. The van der Waals surface area contributed by atoms with E-state index < -0.39 is 0 Å². The zero-order chi connectivity index (χ0) is 63.4. The first-order valence-corrected chi connectivity index (χ1v) is 35.5. The Bertz CT molecular complexity index is 3780. The third kappa shape index (κ3) is 22.5. The van der Waals surface area contributed by atoms with Crippen molar-refractivity contribution in [2.24, 2.45) is 0 Å². The van der Waals surface area contributed by atoms with Gasteiger partial charge in [-0.2, -0.15) is 35.3 Å². The molecule has 16 nitrogen and oxygen atoms in total. The standard InChI is InChI=1S/C25H25N2O2S.C15H20N3O3S.C14H8Br.C11H18N2O2S.C4H3BrNO.2Cu.4Y/c1-16(28)8-2-7-13-22-23-21(15-30-22)27(25(29)26-23)24-19-11-5-3-9-17(19)14-18-10-4-6-12-20(18)24;1-9(19)5-3-4-6-12-13-11(7-22-12)18(15(20)17-13)14-10(2)16-8-21-14;15-14-12-7-3-1-5-10(12)9-11-6-2-4-8-13(11)14;1-7(14)4-2-3-5-9-10-8(6-16-9)12-11(15)13-10;1-3-4(5)7-2-6-3;;;;;;/h3-6,9-12,21-23H,2,7-8,13,15H2,1H3,(H,26,29);11-13H,3-7H2,1-2H3,(H,17,20);1-8H;8-10H,2-6H2,1H3,(H2,12,13,15);1H3;;;;;;/q3*-1;;-1;;;;;;. The number of amides is 6.